The van der Waals surface area contributed by atoms with E-state index in [9.17, 15) is 14.4 Å². The molecule has 3 N–H and O–H groups in total. The number of benzene rings is 6. The van der Waals surface area contributed by atoms with E-state index < -0.39 is 62.4 Å². The highest BCUT2D eigenvalue weighted by molar-refractivity contribution is 7.06. The summed E-state index contributed by atoms with van der Waals surface area (Å²) in [7, 11) is -32.1. The largest absolute Gasteiger partial charge is 0.554 e. The van der Waals surface area contributed by atoms with Crippen LogP contribution in [0.1, 0.15) is 0 Å². The van der Waals surface area contributed by atoms with Crippen molar-refractivity contribution in [3.8, 4) is 0 Å². The molecule has 3 heterocycles. The van der Waals surface area contributed by atoms with Crippen molar-refractivity contribution in [1.29, 1.82) is 0 Å². The maximum atomic E-state index is 13.3. The Labute approximate surface area is 325 Å². The molecule has 1 radical (unpaired) electrons. The molecule has 3 aliphatic heterocycles. The van der Waals surface area contributed by atoms with Crippen molar-refractivity contribution in [2.24, 2.45) is 0 Å². The van der Waals surface area contributed by atoms with E-state index in [0.717, 1.165) is 0 Å². The highest BCUT2D eigenvalue weighted by Crippen LogP contribution is 2.38. The van der Waals surface area contributed by atoms with Crippen LogP contribution in [0.4, 0.5) is 0 Å². The molecule has 3 aliphatic rings. The first kappa shape index (κ1) is 37.0. The van der Waals surface area contributed by atoms with E-state index in [1.54, 1.807) is 164 Å². The van der Waals surface area contributed by atoms with E-state index in [1.165, 1.54) is 0 Å². The van der Waals surface area contributed by atoms with Crippen LogP contribution < -0.4 is 31.1 Å². The second kappa shape index (κ2) is 14.4. The van der Waals surface area contributed by atoms with Crippen molar-refractivity contribution in [3.05, 3.63) is 182 Å². The highest BCUT2D eigenvalue weighted by atomic mass is 28.6. The zero-order chi connectivity index (χ0) is 37.6. The van der Waals surface area contributed by atoms with Crippen LogP contribution in [0.2, 0.25) is 0 Å². The molecule has 9 rings (SSSR count). The van der Waals surface area contributed by atoms with E-state index in [-0.39, 0.29) is 15.6 Å². The lowest BCUT2D eigenvalue weighted by Gasteiger charge is -2.53. The summed E-state index contributed by atoms with van der Waals surface area (Å²) in [4.78, 5) is 39.2. The Morgan fingerprint density at radius 2 is 0.527 bits per heavy atom. The average molecular weight is 854 g/mol. The SMILES string of the molecule is O[Si]1(c2ccccc2)O[Si]2O[Si]3(c4ccccc4)O[Si](c4ccccc4)(O1)O[Si](O)(c1ccccc1)O[Si](c1ccccc1)(O3)O[Si@](O)(c1ccccc1)O2. The summed E-state index contributed by atoms with van der Waals surface area (Å²) in [5, 5.41) is 1.95. The van der Waals surface area contributed by atoms with Gasteiger partial charge in [-0.25, -0.2) is 0 Å². The molecule has 6 atom stereocenters. The van der Waals surface area contributed by atoms with Gasteiger partial charge in [-0.1, -0.05) is 182 Å². The summed E-state index contributed by atoms with van der Waals surface area (Å²) in [5.41, 5.74) is 0. The van der Waals surface area contributed by atoms with Crippen molar-refractivity contribution in [2.75, 3.05) is 0 Å². The van der Waals surface area contributed by atoms with Gasteiger partial charge in [0, 0.05) is 31.1 Å². The molecule has 0 aromatic heterocycles. The molecular weight excluding hydrogens is 821 g/mol. The first-order valence-electron chi connectivity index (χ1n) is 17.3. The van der Waals surface area contributed by atoms with Crippen molar-refractivity contribution < 1.29 is 51.4 Å². The van der Waals surface area contributed by atoms with Crippen LogP contribution in [0.15, 0.2) is 182 Å². The topological polar surface area (TPSA) is 144 Å². The zero-order valence-electron chi connectivity index (χ0n) is 28.8. The molecule has 277 valence electrons. The minimum Gasteiger partial charge on any atom is -0.387 e. The lowest BCUT2D eigenvalue weighted by atomic mass is 10.4. The van der Waals surface area contributed by atoms with Gasteiger partial charge in [0.25, 0.3) is 0 Å². The predicted octanol–water partition coefficient (Wildman–Crippen LogP) is 0.215. The predicted molar refractivity (Wildman–Crippen MR) is 213 cm³/mol. The number of rotatable bonds is 6. The maximum absolute atomic E-state index is 13.3. The maximum Gasteiger partial charge on any atom is 0.554 e. The van der Waals surface area contributed by atoms with E-state index in [2.05, 4.69) is 0 Å². The molecular formula is C36H33O12Si7. The summed E-state index contributed by atoms with van der Waals surface area (Å²) < 4.78 is 63.3. The van der Waals surface area contributed by atoms with E-state index in [0.29, 0.717) is 15.6 Å². The normalized spacial score (nSPS) is 32.3. The Hall–Kier alpha value is -3.64. The molecule has 12 nitrogen and oxygen atoms in total. The van der Waals surface area contributed by atoms with Crippen LogP contribution >= 0.6 is 0 Å². The first-order valence-corrected chi connectivity index (χ1v) is 29.0. The van der Waals surface area contributed by atoms with Gasteiger partial charge in [-0.3, -0.25) is 0 Å². The average Bonchev–Trinajstić information content (AvgIpc) is 3.21. The van der Waals surface area contributed by atoms with Crippen LogP contribution in [0.25, 0.3) is 0 Å². The summed E-state index contributed by atoms with van der Waals surface area (Å²) >= 11 is 0. The second-order valence-corrected chi connectivity index (χ2v) is 30.9. The zero-order valence-corrected chi connectivity index (χ0v) is 35.8. The minimum absolute atomic E-state index is 0.250. The highest BCUT2D eigenvalue weighted by Gasteiger charge is 2.77. The molecule has 0 spiro atoms. The van der Waals surface area contributed by atoms with E-state index >= 15 is 0 Å². The van der Waals surface area contributed by atoms with Gasteiger partial charge in [0.05, 0.1) is 0 Å². The molecule has 3 fully saturated rings. The molecule has 19 heteroatoms. The molecule has 6 aromatic rings. The molecule has 4 bridgehead atoms. The monoisotopic (exact) mass is 853 g/mol. The smallest absolute Gasteiger partial charge is 0.387 e. The van der Waals surface area contributed by atoms with Crippen LogP contribution in [-0.4, -0.2) is 76.7 Å². The standard InChI is InChI=1S/C36H33O12Si7/c37-50(31-19-7-1-8-20-31)40-49-41-51(38,32-21-9-2-10-22-32)44-55(36-29-17-6-18-30-36)46-52(39,33-23-11-3-12-24-33)45-54(43-50,35-27-15-5-16-28-35)47-53(42-49,48-55)34-25-13-4-14-26-34/h1-30,37-39H/t50-,51?,52?,53?,54?,55?/m0/s1. The first-order chi connectivity index (χ1) is 26.7. The van der Waals surface area contributed by atoms with Gasteiger partial charge in [0.1, 0.15) is 0 Å². The summed E-state index contributed by atoms with van der Waals surface area (Å²) in [5.74, 6) is 0. The molecule has 5 unspecified atom stereocenters. The second-order valence-electron chi connectivity index (χ2n) is 12.8. The van der Waals surface area contributed by atoms with Crippen LogP contribution in [-0.2, 0) is 37.0 Å². The third-order valence-corrected chi connectivity index (χ3v) is 33.7. The van der Waals surface area contributed by atoms with Gasteiger partial charge in [0.15, 0.2) is 0 Å². The third-order valence-electron chi connectivity index (χ3n) is 9.09. The Kier molecular flexibility index (Phi) is 9.67. The fourth-order valence-corrected chi connectivity index (χ4v) is 36.7. The molecule has 55 heavy (non-hydrogen) atoms. The van der Waals surface area contributed by atoms with Gasteiger partial charge in [-0.2, -0.15) is 0 Å². The van der Waals surface area contributed by atoms with Gasteiger partial charge >= 0.3 is 62.4 Å². The van der Waals surface area contributed by atoms with Crippen molar-refractivity contribution in [3.63, 3.8) is 0 Å². The molecule has 6 aromatic carbocycles. The van der Waals surface area contributed by atoms with E-state index in [1.807, 2.05) is 18.2 Å². The fourth-order valence-electron chi connectivity index (χ4n) is 6.49. The Bertz CT molecular complexity index is 2130. The Morgan fingerprint density at radius 3 is 0.855 bits per heavy atom. The number of hydrogen-bond donors (Lipinski definition) is 3. The van der Waals surface area contributed by atoms with Crippen LogP contribution in [0.3, 0.4) is 0 Å². The third kappa shape index (κ3) is 6.82. The lowest BCUT2D eigenvalue weighted by Crippen LogP contribution is -2.88. The van der Waals surface area contributed by atoms with Crippen LogP contribution in [0, 0.1) is 0 Å². The van der Waals surface area contributed by atoms with Gasteiger partial charge < -0.3 is 51.4 Å². The Morgan fingerprint density at radius 1 is 0.273 bits per heavy atom. The fraction of sp³-hybridized carbons (Fsp3) is 0. The minimum atomic E-state index is -4.96. The van der Waals surface area contributed by atoms with Gasteiger partial charge in [-0.05, 0) is 0 Å². The van der Waals surface area contributed by atoms with Crippen molar-refractivity contribution >= 4 is 93.5 Å². The Balaban J connectivity index is 1.40. The molecule has 0 aliphatic carbocycles. The quantitative estimate of drug-likeness (QED) is 0.198. The van der Waals surface area contributed by atoms with Crippen LogP contribution in [0.5, 0.6) is 0 Å². The van der Waals surface area contributed by atoms with Crippen molar-refractivity contribution in [1.82, 2.24) is 0 Å². The lowest BCUT2D eigenvalue weighted by molar-refractivity contribution is 0.0416. The van der Waals surface area contributed by atoms with E-state index in [4.69, 9.17) is 37.0 Å². The van der Waals surface area contributed by atoms with Gasteiger partial charge in [-0.15, -0.1) is 0 Å². The molecule has 0 saturated carbocycles. The number of hydrogen-bond acceptors (Lipinski definition) is 12. The summed E-state index contributed by atoms with van der Waals surface area (Å²) in [6.45, 7) is 0. The summed E-state index contributed by atoms with van der Waals surface area (Å²) in [6.07, 6.45) is 0. The summed E-state index contributed by atoms with van der Waals surface area (Å²) in [6, 6.07) is 52.2. The molecule has 3 saturated heterocycles. The van der Waals surface area contributed by atoms with Crippen molar-refractivity contribution in [2.45, 2.75) is 0 Å². The van der Waals surface area contributed by atoms with Gasteiger partial charge in [0.2, 0.25) is 0 Å². The number of fused-ring (bicyclic) bond motifs is 3. The molecule has 0 amide bonds.